The van der Waals surface area contributed by atoms with Crippen molar-refractivity contribution in [3.8, 4) is 0 Å². The maximum atomic E-state index is 2.27. The van der Waals surface area contributed by atoms with Gasteiger partial charge in [-0.3, -0.25) is 0 Å². The molecule has 0 aromatic heterocycles. The van der Waals surface area contributed by atoms with E-state index in [4.69, 9.17) is 0 Å². The Morgan fingerprint density at radius 2 is 1.60 bits per heavy atom. The van der Waals surface area contributed by atoms with Gasteiger partial charge in [0.05, 0.1) is 0 Å². The van der Waals surface area contributed by atoms with Crippen molar-refractivity contribution in [2.75, 3.05) is 0 Å². The summed E-state index contributed by atoms with van der Waals surface area (Å²) < 4.78 is 0. The molecule has 1 aromatic rings. The quantitative estimate of drug-likeness (QED) is 0.597. The standard InChI is InChI=1S/C11H16.2C2H6/c1-4-10(3)11-7-5-6-9(2)8-11;2*1-2/h5-8,10H,4H2,1-3H3;2*1-2H3. The van der Waals surface area contributed by atoms with Gasteiger partial charge in [0.15, 0.2) is 0 Å². The third kappa shape index (κ3) is 7.18. The molecular weight excluding hydrogens is 180 g/mol. The fourth-order valence-electron chi connectivity index (χ4n) is 1.21. The number of hydrogen-bond acceptors (Lipinski definition) is 0. The van der Waals surface area contributed by atoms with E-state index < -0.39 is 0 Å². The van der Waals surface area contributed by atoms with Gasteiger partial charge in [0.25, 0.3) is 0 Å². The number of aryl methyl sites for hydroxylation is 1. The summed E-state index contributed by atoms with van der Waals surface area (Å²) in [5.41, 5.74) is 2.83. The van der Waals surface area contributed by atoms with Crippen molar-refractivity contribution in [3.63, 3.8) is 0 Å². The van der Waals surface area contributed by atoms with Gasteiger partial charge in [0.2, 0.25) is 0 Å². The molecule has 0 aliphatic rings. The van der Waals surface area contributed by atoms with E-state index >= 15 is 0 Å². The summed E-state index contributed by atoms with van der Waals surface area (Å²) in [7, 11) is 0. The van der Waals surface area contributed by atoms with Crippen LogP contribution in [0.1, 0.15) is 65.0 Å². The molecule has 0 aliphatic carbocycles. The first-order valence-electron chi connectivity index (χ1n) is 6.30. The Morgan fingerprint density at radius 1 is 1.07 bits per heavy atom. The summed E-state index contributed by atoms with van der Waals surface area (Å²) in [4.78, 5) is 0. The summed E-state index contributed by atoms with van der Waals surface area (Å²) in [5, 5.41) is 0. The predicted molar refractivity (Wildman–Crippen MR) is 72.6 cm³/mol. The van der Waals surface area contributed by atoms with Crippen molar-refractivity contribution in [1.82, 2.24) is 0 Å². The van der Waals surface area contributed by atoms with E-state index in [0.29, 0.717) is 5.92 Å². The fourth-order valence-corrected chi connectivity index (χ4v) is 1.21. The maximum Gasteiger partial charge on any atom is -0.0193 e. The highest BCUT2D eigenvalue weighted by atomic mass is 14.1. The van der Waals surface area contributed by atoms with Crippen LogP contribution < -0.4 is 0 Å². The number of benzene rings is 1. The molecule has 0 bridgehead atoms. The normalized spacial score (nSPS) is 10.3. The minimum atomic E-state index is 0.704. The Bertz CT molecular complexity index is 225. The topological polar surface area (TPSA) is 0 Å². The zero-order valence-electron chi connectivity index (χ0n) is 11.6. The second-order valence-electron chi connectivity index (χ2n) is 3.22. The van der Waals surface area contributed by atoms with Gasteiger partial charge in [0, 0.05) is 0 Å². The third-order valence-electron chi connectivity index (χ3n) is 2.22. The number of hydrogen-bond donors (Lipinski definition) is 0. The second kappa shape index (κ2) is 11.3. The van der Waals surface area contributed by atoms with Gasteiger partial charge in [0.1, 0.15) is 0 Å². The molecule has 88 valence electrons. The Labute approximate surface area is 96.7 Å². The van der Waals surface area contributed by atoms with E-state index in [-0.39, 0.29) is 0 Å². The van der Waals surface area contributed by atoms with Crippen LogP contribution in [-0.4, -0.2) is 0 Å². The van der Waals surface area contributed by atoms with E-state index in [1.807, 2.05) is 27.7 Å². The number of rotatable bonds is 2. The summed E-state index contributed by atoms with van der Waals surface area (Å²) in [5.74, 6) is 0.704. The monoisotopic (exact) mass is 208 g/mol. The summed E-state index contributed by atoms with van der Waals surface area (Å²) in [6.07, 6.45) is 1.23. The first kappa shape index (κ1) is 16.6. The van der Waals surface area contributed by atoms with E-state index in [9.17, 15) is 0 Å². The molecule has 0 amide bonds. The second-order valence-corrected chi connectivity index (χ2v) is 3.22. The fraction of sp³-hybridized carbons (Fsp3) is 0.600. The van der Waals surface area contributed by atoms with Crippen LogP contribution in [0.3, 0.4) is 0 Å². The van der Waals surface area contributed by atoms with Crippen molar-refractivity contribution in [3.05, 3.63) is 35.4 Å². The largest absolute Gasteiger partial charge is 0.0683 e. The molecule has 0 fully saturated rings. The molecule has 1 unspecified atom stereocenters. The molecule has 0 spiro atoms. The lowest BCUT2D eigenvalue weighted by atomic mass is 9.97. The molecule has 0 saturated carbocycles. The summed E-state index contributed by atoms with van der Waals surface area (Å²) >= 11 is 0. The molecule has 0 saturated heterocycles. The minimum absolute atomic E-state index is 0.704. The molecule has 0 N–H and O–H groups in total. The molecule has 0 heterocycles. The van der Waals surface area contributed by atoms with Crippen molar-refractivity contribution in [2.24, 2.45) is 0 Å². The van der Waals surface area contributed by atoms with Crippen LogP contribution in [0, 0.1) is 6.92 Å². The molecule has 0 nitrogen and oxygen atoms in total. The summed E-state index contributed by atoms with van der Waals surface area (Å²) in [6, 6.07) is 8.76. The van der Waals surface area contributed by atoms with E-state index in [1.54, 1.807) is 0 Å². The van der Waals surface area contributed by atoms with Crippen LogP contribution in [0.4, 0.5) is 0 Å². The van der Waals surface area contributed by atoms with Crippen LogP contribution in [-0.2, 0) is 0 Å². The van der Waals surface area contributed by atoms with Gasteiger partial charge in [-0.2, -0.15) is 0 Å². The van der Waals surface area contributed by atoms with Crippen molar-refractivity contribution in [2.45, 2.75) is 60.8 Å². The van der Waals surface area contributed by atoms with Crippen molar-refractivity contribution < 1.29 is 0 Å². The molecule has 1 aromatic carbocycles. The van der Waals surface area contributed by atoms with Crippen LogP contribution in [0.15, 0.2) is 24.3 Å². The first-order valence-corrected chi connectivity index (χ1v) is 6.30. The van der Waals surface area contributed by atoms with Gasteiger partial charge >= 0.3 is 0 Å². The highest BCUT2D eigenvalue weighted by molar-refractivity contribution is 5.24. The lowest BCUT2D eigenvalue weighted by molar-refractivity contribution is 0.733. The highest BCUT2D eigenvalue weighted by Crippen LogP contribution is 2.18. The molecule has 0 heteroatoms. The van der Waals surface area contributed by atoms with E-state index in [0.717, 1.165) is 0 Å². The Balaban J connectivity index is 0. The van der Waals surface area contributed by atoms with Gasteiger partial charge in [-0.25, -0.2) is 0 Å². The van der Waals surface area contributed by atoms with Crippen LogP contribution >= 0.6 is 0 Å². The Morgan fingerprint density at radius 3 is 2.00 bits per heavy atom. The third-order valence-corrected chi connectivity index (χ3v) is 2.22. The lowest BCUT2D eigenvalue weighted by Gasteiger charge is -2.08. The Kier molecular flexibility index (Phi) is 12.5. The first-order chi connectivity index (χ1) is 7.24. The average molecular weight is 208 g/mol. The smallest absolute Gasteiger partial charge is 0.0193 e. The van der Waals surface area contributed by atoms with E-state index in [2.05, 4.69) is 45.0 Å². The van der Waals surface area contributed by atoms with Crippen molar-refractivity contribution in [1.29, 1.82) is 0 Å². The SMILES string of the molecule is CC.CC.CCC(C)c1cccc(C)c1. The molecule has 1 atom stereocenters. The average Bonchev–Trinajstić information content (AvgIpc) is 2.33. The minimum Gasteiger partial charge on any atom is -0.0683 e. The van der Waals surface area contributed by atoms with E-state index in [1.165, 1.54) is 17.5 Å². The molecule has 0 aliphatic heterocycles. The van der Waals surface area contributed by atoms with Gasteiger partial charge < -0.3 is 0 Å². The van der Waals surface area contributed by atoms with Gasteiger partial charge in [-0.05, 0) is 24.8 Å². The molecule has 15 heavy (non-hydrogen) atoms. The molecular formula is C15H28. The summed E-state index contributed by atoms with van der Waals surface area (Å²) in [6.45, 7) is 14.6. The lowest BCUT2D eigenvalue weighted by Crippen LogP contribution is -1.90. The zero-order chi connectivity index (χ0) is 12.3. The van der Waals surface area contributed by atoms with Crippen LogP contribution in [0.2, 0.25) is 0 Å². The van der Waals surface area contributed by atoms with Gasteiger partial charge in [-0.15, -0.1) is 0 Å². The highest BCUT2D eigenvalue weighted by Gasteiger charge is 2.00. The molecule has 0 radical (unpaired) electrons. The molecule has 1 rings (SSSR count). The van der Waals surface area contributed by atoms with Crippen LogP contribution in [0.5, 0.6) is 0 Å². The van der Waals surface area contributed by atoms with Crippen molar-refractivity contribution >= 4 is 0 Å². The Hall–Kier alpha value is -0.780. The van der Waals surface area contributed by atoms with Crippen LogP contribution in [0.25, 0.3) is 0 Å². The predicted octanol–water partition coefficient (Wildman–Crippen LogP) is 5.56. The maximum absolute atomic E-state index is 2.27. The zero-order valence-corrected chi connectivity index (χ0v) is 11.6. The van der Waals surface area contributed by atoms with Gasteiger partial charge in [-0.1, -0.05) is 71.4 Å².